The zero-order valence-corrected chi connectivity index (χ0v) is 8.58. The number of thiazole rings is 1. The van der Waals surface area contributed by atoms with Gasteiger partial charge < -0.3 is 5.32 Å². The number of nitrogens with one attached hydrogen (secondary N) is 1. The molecule has 0 fully saturated rings. The molecule has 0 aliphatic carbocycles. The van der Waals surface area contributed by atoms with Gasteiger partial charge >= 0.3 is 0 Å². The lowest BCUT2D eigenvalue weighted by molar-refractivity contribution is 0.922. The fraction of sp³-hybridized carbons (Fsp3) is 0.286. The van der Waals surface area contributed by atoms with Gasteiger partial charge in [-0.2, -0.15) is 0 Å². The number of rotatable bonds is 3. The summed E-state index contributed by atoms with van der Waals surface area (Å²) >= 11 is 4.90. The molecule has 1 aromatic rings. The molecule has 1 heterocycles. The van der Waals surface area contributed by atoms with Crippen LogP contribution >= 0.6 is 27.3 Å². The Hall–Kier alpha value is -0.190. The highest BCUT2D eigenvalue weighted by atomic mass is 79.9. The van der Waals surface area contributed by atoms with E-state index in [0.717, 1.165) is 16.2 Å². The summed E-state index contributed by atoms with van der Waals surface area (Å²) in [5.74, 6) is 0. The van der Waals surface area contributed by atoms with Crippen LogP contribution in [-0.4, -0.2) is 18.6 Å². The maximum Gasteiger partial charge on any atom is 0.159 e. The molecule has 0 aliphatic rings. The van der Waals surface area contributed by atoms with Crippen molar-refractivity contribution in [1.82, 2.24) is 10.3 Å². The average Bonchev–Trinajstić information content (AvgIpc) is 2.37. The third-order valence-electron chi connectivity index (χ3n) is 1.10. The maximum atomic E-state index is 4.20. The second-order valence-corrected chi connectivity index (χ2v) is 4.12. The molecule has 0 spiro atoms. The van der Waals surface area contributed by atoms with Gasteiger partial charge in [0.25, 0.3) is 0 Å². The highest BCUT2D eigenvalue weighted by Gasteiger charge is 1.92. The lowest BCUT2D eigenvalue weighted by Gasteiger charge is -1.85. The van der Waals surface area contributed by atoms with Gasteiger partial charge in [0.1, 0.15) is 0 Å². The Bertz CT molecular complexity index is 244. The molecule has 0 atom stereocenters. The molecule has 2 nitrogen and oxygen atoms in total. The monoisotopic (exact) mass is 232 g/mol. The maximum absolute atomic E-state index is 4.20. The van der Waals surface area contributed by atoms with Crippen molar-refractivity contribution in [3.63, 3.8) is 0 Å². The fourth-order valence-corrected chi connectivity index (χ4v) is 1.63. The molecule has 0 saturated heterocycles. The van der Waals surface area contributed by atoms with Crippen LogP contribution in [0.2, 0.25) is 0 Å². The van der Waals surface area contributed by atoms with Gasteiger partial charge in [0, 0.05) is 11.9 Å². The molecular weight excluding hydrogens is 224 g/mol. The van der Waals surface area contributed by atoms with E-state index in [-0.39, 0.29) is 0 Å². The van der Waals surface area contributed by atoms with Crippen molar-refractivity contribution in [3.05, 3.63) is 21.1 Å². The zero-order valence-electron chi connectivity index (χ0n) is 6.17. The van der Waals surface area contributed by atoms with E-state index in [1.54, 1.807) is 11.3 Å². The van der Waals surface area contributed by atoms with Gasteiger partial charge in [-0.1, -0.05) is 6.08 Å². The predicted molar refractivity (Wildman–Crippen MR) is 52.8 cm³/mol. The van der Waals surface area contributed by atoms with Crippen molar-refractivity contribution in [2.24, 2.45) is 0 Å². The molecule has 0 saturated carbocycles. The Morgan fingerprint density at radius 3 is 3.18 bits per heavy atom. The largest absolute Gasteiger partial charge is 0.316 e. The van der Waals surface area contributed by atoms with Crippen LogP contribution in [0.15, 0.2) is 15.4 Å². The van der Waals surface area contributed by atoms with Crippen LogP contribution in [0.5, 0.6) is 0 Å². The Labute approximate surface area is 78.5 Å². The molecule has 1 N–H and O–H groups in total. The van der Waals surface area contributed by atoms with Gasteiger partial charge in [0.2, 0.25) is 0 Å². The van der Waals surface area contributed by atoms with E-state index in [0.29, 0.717) is 0 Å². The van der Waals surface area contributed by atoms with E-state index < -0.39 is 0 Å². The summed E-state index contributed by atoms with van der Waals surface area (Å²) < 4.78 is 0.932. The first-order valence-electron chi connectivity index (χ1n) is 3.25. The third-order valence-corrected chi connectivity index (χ3v) is 2.49. The lowest BCUT2D eigenvalue weighted by Crippen LogP contribution is -2.03. The van der Waals surface area contributed by atoms with Crippen LogP contribution in [0.4, 0.5) is 0 Å². The first-order chi connectivity index (χ1) is 5.33. The van der Waals surface area contributed by atoms with Gasteiger partial charge in [-0.05, 0) is 29.1 Å². The van der Waals surface area contributed by atoms with Crippen LogP contribution < -0.4 is 5.32 Å². The van der Waals surface area contributed by atoms with Crippen LogP contribution in [0.25, 0.3) is 6.08 Å². The topological polar surface area (TPSA) is 24.9 Å². The smallest absolute Gasteiger partial charge is 0.159 e. The van der Waals surface area contributed by atoms with Crippen molar-refractivity contribution in [2.75, 3.05) is 13.6 Å². The molecule has 1 aromatic heterocycles. The molecule has 60 valence electrons. The van der Waals surface area contributed by atoms with Crippen LogP contribution in [0, 0.1) is 0 Å². The van der Waals surface area contributed by atoms with Crippen LogP contribution in [0.1, 0.15) is 5.69 Å². The normalized spacial score (nSPS) is 11.1. The summed E-state index contributed by atoms with van der Waals surface area (Å²) in [6.45, 7) is 0.884. The van der Waals surface area contributed by atoms with E-state index in [9.17, 15) is 0 Å². The molecule has 1 rings (SSSR count). The van der Waals surface area contributed by atoms with Crippen molar-refractivity contribution >= 4 is 33.3 Å². The average molecular weight is 233 g/mol. The van der Waals surface area contributed by atoms with E-state index >= 15 is 0 Å². The summed E-state index contributed by atoms with van der Waals surface area (Å²) in [6, 6.07) is 0. The number of nitrogens with zero attached hydrogens (tertiary/aromatic N) is 1. The van der Waals surface area contributed by atoms with Gasteiger partial charge in [0.05, 0.1) is 5.69 Å². The van der Waals surface area contributed by atoms with E-state index in [2.05, 4.69) is 26.2 Å². The van der Waals surface area contributed by atoms with Crippen molar-refractivity contribution in [2.45, 2.75) is 0 Å². The number of likely N-dealkylation sites (N-methyl/N-ethyl adjacent to an activating group) is 1. The van der Waals surface area contributed by atoms with Crippen molar-refractivity contribution in [1.29, 1.82) is 0 Å². The lowest BCUT2D eigenvalue weighted by atomic mass is 10.4. The number of hydrogen-bond donors (Lipinski definition) is 1. The van der Waals surface area contributed by atoms with Gasteiger partial charge in [0.15, 0.2) is 3.92 Å². The Balaban J connectivity index is 2.50. The highest BCUT2D eigenvalue weighted by Crippen LogP contribution is 2.16. The van der Waals surface area contributed by atoms with Crippen molar-refractivity contribution < 1.29 is 0 Å². The molecule has 0 radical (unpaired) electrons. The minimum absolute atomic E-state index is 0.884. The molecule has 0 aromatic carbocycles. The second-order valence-electron chi connectivity index (χ2n) is 1.99. The summed E-state index contributed by atoms with van der Waals surface area (Å²) in [4.78, 5) is 4.20. The van der Waals surface area contributed by atoms with Gasteiger partial charge in [-0.15, -0.1) is 11.3 Å². The molecular formula is C7H9BrN2S. The molecule has 0 unspecified atom stereocenters. The number of halogens is 1. The van der Waals surface area contributed by atoms with Crippen molar-refractivity contribution in [3.8, 4) is 0 Å². The molecule has 11 heavy (non-hydrogen) atoms. The Morgan fingerprint density at radius 1 is 1.82 bits per heavy atom. The first kappa shape index (κ1) is 8.90. The van der Waals surface area contributed by atoms with Gasteiger partial charge in [-0.25, -0.2) is 4.98 Å². The zero-order chi connectivity index (χ0) is 8.10. The molecule has 0 aliphatic heterocycles. The SMILES string of the molecule is CNCC=Cc1csc(Br)n1. The van der Waals surface area contributed by atoms with Crippen LogP contribution in [-0.2, 0) is 0 Å². The van der Waals surface area contributed by atoms with Gasteiger partial charge in [-0.3, -0.25) is 0 Å². The first-order valence-corrected chi connectivity index (χ1v) is 4.92. The Morgan fingerprint density at radius 2 is 2.64 bits per heavy atom. The second kappa shape index (κ2) is 4.64. The standard InChI is InChI=1S/C7H9BrN2S/c1-9-4-2-3-6-5-11-7(8)10-6/h2-3,5,9H,4H2,1H3. The number of aromatic nitrogens is 1. The summed E-state index contributed by atoms with van der Waals surface area (Å²) in [5, 5.41) is 5.03. The minimum Gasteiger partial charge on any atom is -0.316 e. The minimum atomic E-state index is 0.884. The summed E-state index contributed by atoms with van der Waals surface area (Å²) in [6.07, 6.45) is 4.04. The quantitative estimate of drug-likeness (QED) is 0.865. The summed E-state index contributed by atoms with van der Waals surface area (Å²) in [7, 11) is 1.92. The Kier molecular flexibility index (Phi) is 3.76. The van der Waals surface area contributed by atoms with E-state index in [1.807, 2.05) is 24.6 Å². The van der Waals surface area contributed by atoms with Crippen LogP contribution in [0.3, 0.4) is 0 Å². The summed E-state index contributed by atoms with van der Waals surface area (Å²) in [5.41, 5.74) is 1.01. The molecule has 0 amide bonds. The van der Waals surface area contributed by atoms with E-state index in [1.165, 1.54) is 0 Å². The third kappa shape index (κ3) is 3.14. The highest BCUT2D eigenvalue weighted by molar-refractivity contribution is 9.11. The predicted octanol–water partition coefficient (Wildman–Crippen LogP) is 2.14. The fourth-order valence-electron chi connectivity index (χ4n) is 0.637. The molecule has 0 bridgehead atoms. The van der Waals surface area contributed by atoms with E-state index in [4.69, 9.17) is 0 Å². The number of hydrogen-bond acceptors (Lipinski definition) is 3. The molecule has 4 heteroatoms.